The Morgan fingerprint density at radius 3 is 2.29 bits per heavy atom. The molecule has 0 bridgehead atoms. The molecule has 0 amide bonds. The summed E-state index contributed by atoms with van der Waals surface area (Å²) in [6, 6.07) is 3.83. The SMILES string of the molecule is O=C(C=Cc1ccc(O)c(O)c1)OC[C@H]1O[C@H](O[C@]2(CO)O[C@H](CO)[C@@H](O)[C@@H]2O)[C@H](O)[C@@H](O)[C@@H]1O. The predicted octanol–water partition coefficient (Wildman–Crippen LogP) is -3.72. The number of hydrogen-bond acceptors (Lipinski definition) is 14. The molecule has 9 N–H and O–H groups in total. The molecule has 14 heteroatoms. The molecule has 0 aliphatic carbocycles. The molecule has 2 heterocycles. The summed E-state index contributed by atoms with van der Waals surface area (Å²) in [4.78, 5) is 12.0. The molecule has 14 nitrogen and oxygen atoms in total. The largest absolute Gasteiger partial charge is 0.504 e. The molecule has 2 saturated heterocycles. The van der Waals surface area contributed by atoms with E-state index in [1.807, 2.05) is 0 Å². The second-order valence-electron chi connectivity index (χ2n) is 8.09. The summed E-state index contributed by atoms with van der Waals surface area (Å²) in [5.74, 6) is -3.97. The third-order valence-electron chi connectivity index (χ3n) is 5.69. The van der Waals surface area contributed by atoms with Gasteiger partial charge in [0, 0.05) is 6.08 Å². The van der Waals surface area contributed by atoms with Crippen molar-refractivity contribution in [2.75, 3.05) is 19.8 Å². The van der Waals surface area contributed by atoms with E-state index in [4.69, 9.17) is 18.9 Å². The van der Waals surface area contributed by atoms with Crippen LogP contribution in [0.25, 0.3) is 6.08 Å². The van der Waals surface area contributed by atoms with Gasteiger partial charge in [-0.15, -0.1) is 0 Å². The number of hydrogen-bond donors (Lipinski definition) is 9. The van der Waals surface area contributed by atoms with Crippen LogP contribution >= 0.6 is 0 Å². The van der Waals surface area contributed by atoms with Gasteiger partial charge in [-0.3, -0.25) is 0 Å². The minimum Gasteiger partial charge on any atom is -0.504 e. The highest BCUT2D eigenvalue weighted by atomic mass is 16.8. The molecular weight excluding hydrogens is 476 g/mol. The minimum atomic E-state index is -2.33. The first-order chi connectivity index (χ1) is 16.5. The maximum absolute atomic E-state index is 12.0. The van der Waals surface area contributed by atoms with Crippen molar-refractivity contribution in [3.05, 3.63) is 29.8 Å². The fraction of sp³-hybridized carbons (Fsp3) is 0.571. The van der Waals surface area contributed by atoms with Gasteiger partial charge < -0.3 is 64.9 Å². The number of phenols is 2. The molecule has 3 rings (SSSR count). The number of benzene rings is 1. The van der Waals surface area contributed by atoms with E-state index in [0.717, 1.165) is 6.08 Å². The Bertz CT molecular complexity index is 908. The zero-order chi connectivity index (χ0) is 25.9. The Morgan fingerprint density at radius 2 is 1.69 bits per heavy atom. The van der Waals surface area contributed by atoms with Crippen LogP contribution in [0.1, 0.15) is 5.56 Å². The van der Waals surface area contributed by atoms with Gasteiger partial charge in [-0.25, -0.2) is 4.79 Å². The molecule has 0 saturated carbocycles. The number of ether oxygens (including phenoxy) is 4. The Balaban J connectivity index is 1.64. The number of aromatic hydroxyl groups is 2. The number of carbonyl (C=O) groups is 1. The summed E-state index contributed by atoms with van der Waals surface area (Å²) >= 11 is 0. The van der Waals surface area contributed by atoms with Gasteiger partial charge in [-0.05, 0) is 23.8 Å². The molecular formula is C21H28O14. The maximum Gasteiger partial charge on any atom is 0.330 e. The lowest BCUT2D eigenvalue weighted by atomic mass is 9.99. The zero-order valence-electron chi connectivity index (χ0n) is 18.2. The average Bonchev–Trinajstić information content (AvgIpc) is 3.09. The van der Waals surface area contributed by atoms with Crippen molar-refractivity contribution in [3.63, 3.8) is 0 Å². The summed E-state index contributed by atoms with van der Waals surface area (Å²) in [7, 11) is 0. The highest BCUT2D eigenvalue weighted by molar-refractivity contribution is 5.87. The van der Waals surface area contributed by atoms with E-state index in [1.54, 1.807) is 0 Å². The molecule has 1 aromatic rings. The van der Waals surface area contributed by atoms with Crippen molar-refractivity contribution < 1.29 is 69.7 Å². The van der Waals surface area contributed by atoms with Crippen LogP contribution in [0, 0.1) is 0 Å². The van der Waals surface area contributed by atoms with E-state index < -0.39 is 86.3 Å². The van der Waals surface area contributed by atoms with Gasteiger partial charge in [0.1, 0.15) is 55.9 Å². The maximum atomic E-state index is 12.0. The number of esters is 1. The Hall–Kier alpha value is -2.37. The molecule has 0 unspecified atom stereocenters. The first kappa shape index (κ1) is 27.2. The van der Waals surface area contributed by atoms with Gasteiger partial charge in [0.05, 0.1) is 6.61 Å². The average molecular weight is 504 g/mol. The van der Waals surface area contributed by atoms with E-state index in [2.05, 4.69) is 0 Å². The van der Waals surface area contributed by atoms with Crippen LogP contribution in [-0.4, -0.2) is 127 Å². The van der Waals surface area contributed by atoms with Gasteiger partial charge >= 0.3 is 5.97 Å². The molecule has 1 aromatic carbocycles. The Kier molecular flexibility index (Phi) is 8.66. The first-order valence-corrected chi connectivity index (χ1v) is 10.5. The van der Waals surface area contributed by atoms with E-state index in [0.29, 0.717) is 5.56 Å². The zero-order valence-corrected chi connectivity index (χ0v) is 18.2. The van der Waals surface area contributed by atoms with Crippen LogP contribution in [0.15, 0.2) is 24.3 Å². The Labute approximate surface area is 198 Å². The van der Waals surface area contributed by atoms with Crippen LogP contribution in [0.3, 0.4) is 0 Å². The Morgan fingerprint density at radius 1 is 0.971 bits per heavy atom. The van der Waals surface area contributed by atoms with Crippen molar-refractivity contribution in [3.8, 4) is 11.5 Å². The smallest absolute Gasteiger partial charge is 0.330 e. The van der Waals surface area contributed by atoms with E-state index in [9.17, 15) is 50.8 Å². The van der Waals surface area contributed by atoms with Gasteiger partial charge in [0.25, 0.3) is 0 Å². The molecule has 9 atom stereocenters. The van der Waals surface area contributed by atoms with Crippen LogP contribution < -0.4 is 0 Å². The third kappa shape index (κ3) is 5.73. The normalized spacial score (nSPS) is 37.6. The highest BCUT2D eigenvalue weighted by Crippen LogP contribution is 2.36. The van der Waals surface area contributed by atoms with Crippen molar-refractivity contribution in [1.29, 1.82) is 0 Å². The lowest BCUT2D eigenvalue weighted by molar-refractivity contribution is -0.383. The fourth-order valence-corrected chi connectivity index (χ4v) is 3.64. The molecule has 2 fully saturated rings. The summed E-state index contributed by atoms with van der Waals surface area (Å²) in [6.07, 6.45) is -11.3. The quantitative estimate of drug-likeness (QED) is 0.0941. The van der Waals surface area contributed by atoms with Crippen molar-refractivity contribution >= 4 is 12.0 Å². The molecule has 196 valence electrons. The van der Waals surface area contributed by atoms with Crippen LogP contribution in [0.5, 0.6) is 11.5 Å². The van der Waals surface area contributed by atoms with E-state index in [-0.39, 0.29) is 5.75 Å². The van der Waals surface area contributed by atoms with Gasteiger partial charge in [0.2, 0.25) is 5.79 Å². The lowest BCUT2D eigenvalue weighted by Crippen LogP contribution is -2.62. The highest BCUT2D eigenvalue weighted by Gasteiger charge is 2.58. The number of carbonyl (C=O) groups excluding carboxylic acids is 1. The van der Waals surface area contributed by atoms with Gasteiger partial charge in [0.15, 0.2) is 17.8 Å². The van der Waals surface area contributed by atoms with Crippen LogP contribution in [0.2, 0.25) is 0 Å². The van der Waals surface area contributed by atoms with Crippen LogP contribution in [0.4, 0.5) is 0 Å². The second-order valence-corrected chi connectivity index (χ2v) is 8.09. The van der Waals surface area contributed by atoms with Gasteiger partial charge in [-0.1, -0.05) is 6.07 Å². The number of rotatable bonds is 8. The summed E-state index contributed by atoms with van der Waals surface area (Å²) in [5.41, 5.74) is 0.367. The minimum absolute atomic E-state index is 0.342. The molecule has 2 aliphatic rings. The lowest BCUT2D eigenvalue weighted by Gasteiger charge is -2.43. The van der Waals surface area contributed by atoms with Crippen molar-refractivity contribution in [1.82, 2.24) is 0 Å². The van der Waals surface area contributed by atoms with E-state index >= 15 is 0 Å². The number of aliphatic hydroxyl groups is 7. The molecule has 2 aliphatic heterocycles. The van der Waals surface area contributed by atoms with E-state index in [1.165, 1.54) is 24.3 Å². The summed E-state index contributed by atoms with van der Waals surface area (Å²) in [5, 5.41) is 88.6. The first-order valence-electron chi connectivity index (χ1n) is 10.5. The van der Waals surface area contributed by atoms with Crippen molar-refractivity contribution in [2.24, 2.45) is 0 Å². The predicted molar refractivity (Wildman–Crippen MR) is 111 cm³/mol. The monoisotopic (exact) mass is 504 g/mol. The standard InChI is InChI=1S/C21H28O14/c22-6-12-16(28)19(31)21(8-23,34-12)35-20-18(30)17(29)15(27)13(33-20)7-32-14(26)4-2-9-1-3-10(24)11(25)5-9/h1-5,12-13,15-20,22-25,27-31H,6-8H2/t12-,13-,15-,16-,17+,18-,19+,20-,21+/m1/s1. The second kappa shape index (κ2) is 11.1. The fourth-order valence-electron chi connectivity index (χ4n) is 3.64. The summed E-state index contributed by atoms with van der Waals surface area (Å²) < 4.78 is 20.9. The van der Waals surface area contributed by atoms with Gasteiger partial charge in [-0.2, -0.15) is 0 Å². The molecule has 0 aromatic heterocycles. The van der Waals surface area contributed by atoms with Crippen LogP contribution in [-0.2, 0) is 23.7 Å². The topological polar surface area (TPSA) is 236 Å². The third-order valence-corrected chi connectivity index (χ3v) is 5.69. The molecule has 0 radical (unpaired) electrons. The number of phenolic OH excluding ortho intramolecular Hbond substituents is 2. The number of aliphatic hydroxyl groups excluding tert-OH is 7. The van der Waals surface area contributed by atoms with Crippen molar-refractivity contribution in [2.45, 2.75) is 54.8 Å². The molecule has 0 spiro atoms. The molecule has 35 heavy (non-hydrogen) atoms. The summed E-state index contributed by atoms with van der Waals surface area (Å²) in [6.45, 7) is -2.38.